The molecule has 3 aromatic heterocycles. The number of aliphatic hydroxyl groups excluding tert-OH is 1. The van der Waals surface area contributed by atoms with E-state index in [4.69, 9.17) is 58.4 Å². The predicted molar refractivity (Wildman–Crippen MR) is 447 cm³/mol. The minimum atomic E-state index is -2.09. The molecule has 4 heterocycles. The highest BCUT2D eigenvalue weighted by atomic mass is 35.5. The van der Waals surface area contributed by atoms with Crippen LogP contribution in [-0.4, -0.2) is 158 Å². The average molecular weight is 1570 g/mol. The summed E-state index contributed by atoms with van der Waals surface area (Å²) in [5, 5.41) is 15.6. The number of nitrogens with one attached hydrogen (secondary N) is 1. The van der Waals surface area contributed by atoms with Gasteiger partial charge < -0.3 is 52.3 Å². The van der Waals surface area contributed by atoms with Gasteiger partial charge in [-0.05, 0) is 226 Å². The van der Waals surface area contributed by atoms with E-state index in [0.29, 0.717) is 22.4 Å². The Hall–Kier alpha value is -8.33. The first kappa shape index (κ1) is 88.9. The van der Waals surface area contributed by atoms with E-state index in [1.807, 2.05) is 228 Å². The van der Waals surface area contributed by atoms with E-state index < -0.39 is 79.4 Å². The third kappa shape index (κ3) is 25.3. The molecule has 18 nitrogen and oxygen atoms in total. The normalized spacial score (nSPS) is 14.5. The number of rotatable bonds is 22. The topological polar surface area (TPSA) is 195 Å². The molecular formula is C85H113BClF3N6O12Si2. The van der Waals surface area contributed by atoms with Gasteiger partial charge in [-0.15, -0.1) is 0 Å². The minimum Gasteiger partial charge on any atom is -0.491 e. The molecule has 110 heavy (non-hydrogen) atoms. The maximum Gasteiger partial charge on any atom is 0.494 e. The SMILES string of the molecule is CC(C)(C)[Si](C)(C)OC(CF)COc1ccc2nc(Cl)ccc2c1.CN(C(=O)OC(C)(C)C)c1ccc(-c2ccc3cc(OCC(CF)O[Si](C)(C)C(C)(C)C)ccc3n2)cc1.CN(C(=O)OC(C)(C)C)c1ccc(B2OC(C)(C)C(C)(C)O2)cc1.CNc1ccc(-c2ccc3cc(OCC(O)CF)ccc3n2)cc1. The number of amides is 2. The number of ether oxygens (including phenoxy) is 5. The van der Waals surface area contributed by atoms with Crippen LogP contribution >= 0.6 is 11.6 Å². The van der Waals surface area contributed by atoms with Gasteiger partial charge in [0.25, 0.3) is 0 Å². The number of pyridine rings is 3. The van der Waals surface area contributed by atoms with E-state index >= 15 is 0 Å². The van der Waals surface area contributed by atoms with Crippen LogP contribution in [0.4, 0.5) is 39.8 Å². The summed E-state index contributed by atoms with van der Waals surface area (Å²) in [4.78, 5) is 41.1. The summed E-state index contributed by atoms with van der Waals surface area (Å²) < 4.78 is 91.5. The first-order valence-electron chi connectivity index (χ1n) is 37.0. The summed E-state index contributed by atoms with van der Waals surface area (Å²) in [5.41, 5.74) is 7.81. The second-order valence-corrected chi connectivity index (χ2v) is 43.2. The zero-order chi connectivity index (χ0) is 81.5. The van der Waals surface area contributed by atoms with Crippen molar-refractivity contribution in [1.82, 2.24) is 15.0 Å². The fraction of sp³-hybridized carbons (Fsp3) is 0.447. The van der Waals surface area contributed by atoms with Crippen molar-refractivity contribution in [2.45, 2.75) is 188 Å². The average Bonchev–Trinajstić information content (AvgIpc) is 1.61. The summed E-state index contributed by atoms with van der Waals surface area (Å²) >= 11 is 5.88. The number of alkyl halides is 3. The number of hydrogen-bond donors (Lipinski definition) is 2. The van der Waals surface area contributed by atoms with Crippen molar-refractivity contribution < 1.29 is 69.7 Å². The fourth-order valence-corrected chi connectivity index (χ4v) is 13.1. The number of aliphatic hydroxyl groups is 1. The monoisotopic (exact) mass is 1570 g/mol. The maximum atomic E-state index is 13.7. The largest absolute Gasteiger partial charge is 0.494 e. The van der Waals surface area contributed by atoms with Gasteiger partial charge in [0.15, 0.2) is 16.6 Å². The highest BCUT2D eigenvalue weighted by Gasteiger charge is 2.52. The highest BCUT2D eigenvalue weighted by Crippen LogP contribution is 2.40. The quantitative estimate of drug-likeness (QED) is 0.0480. The number of hydrogen-bond acceptors (Lipinski definition) is 16. The molecule has 1 aliphatic rings. The van der Waals surface area contributed by atoms with Crippen LogP contribution in [0.1, 0.15) is 111 Å². The molecule has 2 N–H and O–H groups in total. The van der Waals surface area contributed by atoms with Crippen molar-refractivity contribution in [3.8, 4) is 39.8 Å². The fourth-order valence-electron chi connectivity index (χ4n) is 10.3. The van der Waals surface area contributed by atoms with Crippen molar-refractivity contribution in [2.75, 3.05) is 76.1 Å². The molecule has 0 spiro atoms. The lowest BCUT2D eigenvalue weighted by molar-refractivity contribution is 0.00578. The minimum absolute atomic E-state index is 0.00108. The Balaban J connectivity index is 0.000000209. The Bertz CT molecular complexity index is 4490. The molecule has 3 atom stereocenters. The molecule has 0 radical (unpaired) electrons. The van der Waals surface area contributed by atoms with Gasteiger partial charge in [0.1, 0.15) is 91.8 Å². The van der Waals surface area contributed by atoms with E-state index in [1.165, 1.54) is 9.80 Å². The standard InChI is InChI=1S/C30H41FN2O4Si.C19H19FN2O2.C18H28BNO4.C18H25ClFNO2Si/c1-29(2,3)36-28(34)33(7)23-13-10-21(11-14-23)26-16-12-22-18-24(15-17-27(22)32-26)35-20-25(19-31)37-38(8,9)30(4,5)6;1-21-15-5-2-13(3-6-15)18-8-4-14-10-17(7-9-19(14)22-18)24-12-16(23)11-20;1-16(2,3)22-15(21)20(8)14-11-9-13(10-12-14)19-23-17(4,5)18(6,7)24-19;1-18(2,3)24(4,5)23-15(11-20)12-22-14-7-8-16-13(10-14)6-9-17(19)21-16/h10-18,25H,19-20H2,1-9H3;2-10,16,21,23H,11-12H2,1H3;9-12H,1-8H3;6-10,15H,11-12H2,1-5H3. The van der Waals surface area contributed by atoms with Crippen LogP contribution in [-0.2, 0) is 27.6 Å². The summed E-state index contributed by atoms with van der Waals surface area (Å²) in [7, 11) is 0.745. The number of fused-ring (bicyclic) bond motifs is 3. The summed E-state index contributed by atoms with van der Waals surface area (Å²) in [6.45, 7) is 38.8. The van der Waals surface area contributed by atoms with Gasteiger partial charge >= 0.3 is 19.3 Å². The molecular weight excluding hydrogens is 1460 g/mol. The van der Waals surface area contributed by atoms with Gasteiger partial charge in [0, 0.05) is 65.5 Å². The number of aromatic nitrogens is 3. The van der Waals surface area contributed by atoms with E-state index in [1.54, 1.807) is 26.2 Å². The number of benzene rings is 6. The maximum absolute atomic E-state index is 13.7. The van der Waals surface area contributed by atoms with Crippen LogP contribution in [0.5, 0.6) is 17.2 Å². The zero-order valence-corrected chi connectivity index (χ0v) is 71.1. The van der Waals surface area contributed by atoms with Crippen molar-refractivity contribution in [3.63, 3.8) is 0 Å². The van der Waals surface area contributed by atoms with Crippen LogP contribution < -0.4 is 34.8 Å². The summed E-state index contributed by atoms with van der Waals surface area (Å²) in [5.74, 6) is 1.91. The lowest BCUT2D eigenvalue weighted by Crippen LogP contribution is -2.46. The van der Waals surface area contributed by atoms with Crippen LogP contribution in [0.3, 0.4) is 0 Å². The molecule has 25 heteroatoms. The van der Waals surface area contributed by atoms with E-state index in [2.05, 4.69) is 83.0 Å². The van der Waals surface area contributed by atoms with Crippen molar-refractivity contribution in [2.24, 2.45) is 0 Å². The number of anilines is 3. The number of nitrogens with zero attached hydrogens (tertiary/aromatic N) is 5. The highest BCUT2D eigenvalue weighted by molar-refractivity contribution is 6.74. The lowest BCUT2D eigenvalue weighted by Gasteiger charge is -2.38. The Morgan fingerprint density at radius 3 is 1.22 bits per heavy atom. The smallest absolute Gasteiger partial charge is 0.491 e. The molecule has 3 unspecified atom stereocenters. The Labute approximate surface area is 656 Å². The molecule has 1 aliphatic heterocycles. The molecule has 0 saturated carbocycles. The van der Waals surface area contributed by atoms with Gasteiger partial charge in [-0.2, -0.15) is 0 Å². The van der Waals surface area contributed by atoms with Gasteiger partial charge in [-0.1, -0.05) is 102 Å². The van der Waals surface area contributed by atoms with Crippen LogP contribution in [0.15, 0.2) is 164 Å². The zero-order valence-electron chi connectivity index (χ0n) is 68.3. The molecule has 0 bridgehead atoms. The van der Waals surface area contributed by atoms with Gasteiger partial charge in [0.05, 0.1) is 39.1 Å². The molecule has 1 saturated heterocycles. The summed E-state index contributed by atoms with van der Waals surface area (Å²) in [6, 6.07) is 51.4. The molecule has 9 aromatic rings. The van der Waals surface area contributed by atoms with Crippen molar-refractivity contribution >= 4 is 103 Å². The van der Waals surface area contributed by atoms with Gasteiger partial charge in [-0.3, -0.25) is 9.80 Å². The summed E-state index contributed by atoms with van der Waals surface area (Å²) in [6.07, 6.45) is -3.03. The Kier molecular flexibility index (Phi) is 30.2. The lowest BCUT2D eigenvalue weighted by atomic mass is 9.79. The number of halogens is 4. The van der Waals surface area contributed by atoms with Crippen LogP contribution in [0, 0.1) is 0 Å². The molecule has 10 rings (SSSR count). The Morgan fingerprint density at radius 1 is 0.509 bits per heavy atom. The third-order valence-electron chi connectivity index (χ3n) is 19.5. The molecule has 1 fully saturated rings. The molecule has 2 amide bonds. The second kappa shape index (κ2) is 37.3. The van der Waals surface area contributed by atoms with Gasteiger partial charge in [-0.25, -0.2) is 37.7 Å². The first-order valence-corrected chi connectivity index (χ1v) is 43.2. The molecule has 594 valence electrons. The van der Waals surface area contributed by atoms with Gasteiger partial charge in [0.2, 0.25) is 0 Å². The number of carbonyl (C=O) groups excluding carboxylic acids is 2. The van der Waals surface area contributed by atoms with Crippen molar-refractivity contribution in [3.05, 3.63) is 169 Å². The van der Waals surface area contributed by atoms with E-state index in [9.17, 15) is 27.9 Å². The Morgan fingerprint density at radius 2 is 0.864 bits per heavy atom. The molecule has 6 aromatic carbocycles. The van der Waals surface area contributed by atoms with E-state index in [-0.39, 0.29) is 47.2 Å². The first-order chi connectivity index (χ1) is 51.2. The van der Waals surface area contributed by atoms with Crippen LogP contribution in [0.25, 0.3) is 55.2 Å². The van der Waals surface area contributed by atoms with Crippen LogP contribution in [0.2, 0.25) is 41.4 Å². The molecule has 0 aliphatic carbocycles. The van der Waals surface area contributed by atoms with E-state index in [0.717, 1.165) is 77.7 Å². The number of carbonyl (C=O) groups is 2. The third-order valence-corrected chi connectivity index (χ3v) is 28.8. The van der Waals surface area contributed by atoms with Crippen molar-refractivity contribution in [1.29, 1.82) is 0 Å². The second-order valence-electron chi connectivity index (χ2n) is 33.3. The predicted octanol–water partition coefficient (Wildman–Crippen LogP) is 20.6.